The molecule has 1 aliphatic heterocycles. The van der Waals surface area contributed by atoms with E-state index in [9.17, 15) is 13.2 Å². The van der Waals surface area contributed by atoms with Crippen LogP contribution in [0.1, 0.15) is 13.8 Å². The van der Waals surface area contributed by atoms with Gasteiger partial charge in [-0.3, -0.25) is 4.79 Å². The Hall–Kier alpha value is -0.720. The smallest absolute Gasteiger partial charge is 0.261 e. The summed E-state index contributed by atoms with van der Waals surface area (Å²) < 4.78 is 22.6. The van der Waals surface area contributed by atoms with Gasteiger partial charge in [0.15, 0.2) is 0 Å². The van der Waals surface area contributed by atoms with Gasteiger partial charge >= 0.3 is 0 Å². The van der Waals surface area contributed by atoms with Crippen molar-refractivity contribution in [2.24, 2.45) is 0 Å². The third-order valence-electron chi connectivity index (χ3n) is 2.65. The molecule has 1 heterocycles. The summed E-state index contributed by atoms with van der Waals surface area (Å²) in [6.07, 6.45) is 0. The van der Waals surface area contributed by atoms with Crippen LogP contribution in [0.15, 0.2) is 28.0 Å². The summed E-state index contributed by atoms with van der Waals surface area (Å²) in [6, 6.07) is 4.61. The fourth-order valence-corrected chi connectivity index (χ4v) is 3.73. The number of nitrogens with zero attached hydrogens (tertiary/aromatic N) is 1. The minimum Gasteiger partial charge on any atom is -0.310 e. The van der Waals surface area contributed by atoms with Gasteiger partial charge in [-0.15, -0.1) is 11.8 Å². The Balaban J connectivity index is 2.56. The standard InChI is InChI=1S/C11H12ClNO3S2/c1-7-6-13(8(2)14)10-5-9(18(12,15)16)3-4-11(10)17-7/h3-5,7H,6H2,1-2H3. The second-order valence-corrected chi connectivity index (χ2v) is 8.17. The van der Waals surface area contributed by atoms with Crippen LogP contribution < -0.4 is 4.90 Å². The van der Waals surface area contributed by atoms with Gasteiger partial charge in [-0.05, 0) is 18.2 Å². The summed E-state index contributed by atoms with van der Waals surface area (Å²) in [5, 5.41) is 0.278. The maximum atomic E-state index is 11.6. The van der Waals surface area contributed by atoms with Crippen molar-refractivity contribution < 1.29 is 13.2 Å². The Morgan fingerprint density at radius 1 is 1.50 bits per heavy atom. The van der Waals surface area contributed by atoms with Crippen LogP contribution in [-0.4, -0.2) is 26.1 Å². The predicted octanol–water partition coefficient (Wildman–Crippen LogP) is 2.46. The number of benzene rings is 1. The molecular formula is C11H12ClNO3S2. The van der Waals surface area contributed by atoms with Crippen LogP contribution >= 0.6 is 22.4 Å². The number of hydrogen-bond donors (Lipinski definition) is 0. The largest absolute Gasteiger partial charge is 0.310 e. The molecule has 2 rings (SSSR count). The number of fused-ring (bicyclic) bond motifs is 1. The minimum atomic E-state index is -3.77. The van der Waals surface area contributed by atoms with Gasteiger partial charge in [0.05, 0.1) is 10.6 Å². The Morgan fingerprint density at radius 3 is 2.72 bits per heavy atom. The third-order valence-corrected chi connectivity index (χ3v) is 5.15. The number of hydrogen-bond acceptors (Lipinski definition) is 4. The molecule has 0 fully saturated rings. The number of anilines is 1. The normalized spacial score (nSPS) is 19.5. The molecule has 0 N–H and O–H groups in total. The third kappa shape index (κ3) is 2.65. The van der Waals surface area contributed by atoms with Gasteiger partial charge in [0.25, 0.3) is 9.05 Å². The van der Waals surface area contributed by atoms with Crippen molar-refractivity contribution in [3.63, 3.8) is 0 Å². The first-order valence-corrected chi connectivity index (χ1v) is 8.51. The number of carbonyl (C=O) groups excluding carboxylic acids is 1. The van der Waals surface area contributed by atoms with Crippen LogP contribution in [0.3, 0.4) is 0 Å². The second kappa shape index (κ2) is 4.75. The molecular weight excluding hydrogens is 294 g/mol. The van der Waals surface area contributed by atoms with E-state index >= 15 is 0 Å². The lowest BCUT2D eigenvalue weighted by Crippen LogP contribution is -2.37. The molecule has 0 saturated carbocycles. The lowest BCUT2D eigenvalue weighted by atomic mass is 10.2. The van der Waals surface area contributed by atoms with Gasteiger partial charge in [0.1, 0.15) is 0 Å². The highest BCUT2D eigenvalue weighted by atomic mass is 35.7. The molecule has 0 radical (unpaired) electrons. The van der Waals surface area contributed by atoms with E-state index in [-0.39, 0.29) is 16.1 Å². The van der Waals surface area contributed by atoms with Crippen molar-refractivity contribution in [3.8, 4) is 0 Å². The Morgan fingerprint density at radius 2 is 2.17 bits per heavy atom. The molecule has 18 heavy (non-hydrogen) atoms. The van der Waals surface area contributed by atoms with Gasteiger partial charge in [-0.2, -0.15) is 0 Å². The number of rotatable bonds is 1. The summed E-state index contributed by atoms with van der Waals surface area (Å²) in [5.41, 5.74) is 0.618. The van der Waals surface area contributed by atoms with Gasteiger partial charge in [-0.25, -0.2) is 8.42 Å². The molecule has 98 valence electrons. The van der Waals surface area contributed by atoms with E-state index in [2.05, 4.69) is 0 Å². The highest BCUT2D eigenvalue weighted by Gasteiger charge is 2.26. The van der Waals surface area contributed by atoms with Gasteiger partial charge in [-0.1, -0.05) is 6.92 Å². The number of amides is 1. The molecule has 1 amide bonds. The molecule has 1 atom stereocenters. The molecule has 1 unspecified atom stereocenters. The summed E-state index contributed by atoms with van der Waals surface area (Å²) in [4.78, 5) is 14.1. The first kappa shape index (κ1) is 13.7. The van der Waals surface area contributed by atoms with E-state index in [0.717, 1.165) is 4.90 Å². The Labute approximate surface area is 115 Å². The van der Waals surface area contributed by atoms with E-state index in [1.54, 1.807) is 22.7 Å². The molecule has 1 aromatic carbocycles. The molecule has 1 aliphatic rings. The summed E-state index contributed by atoms with van der Waals surface area (Å²) >= 11 is 1.62. The SMILES string of the molecule is CC(=O)N1CC(C)Sc2ccc(S(=O)(=O)Cl)cc21. The average molecular weight is 306 g/mol. The number of carbonyl (C=O) groups is 1. The first-order chi connectivity index (χ1) is 8.29. The van der Waals surface area contributed by atoms with Crippen LogP contribution in [0, 0.1) is 0 Å². The van der Waals surface area contributed by atoms with Crippen LogP contribution in [0.2, 0.25) is 0 Å². The van der Waals surface area contributed by atoms with Gasteiger partial charge < -0.3 is 4.90 Å². The van der Waals surface area contributed by atoms with E-state index in [1.807, 2.05) is 6.92 Å². The Kier molecular flexibility index (Phi) is 3.62. The highest BCUT2D eigenvalue weighted by molar-refractivity contribution is 8.13. The zero-order valence-electron chi connectivity index (χ0n) is 9.88. The van der Waals surface area contributed by atoms with E-state index < -0.39 is 9.05 Å². The zero-order chi connectivity index (χ0) is 13.5. The molecule has 0 aliphatic carbocycles. The maximum absolute atomic E-state index is 11.6. The fraction of sp³-hybridized carbons (Fsp3) is 0.364. The van der Waals surface area contributed by atoms with Crippen molar-refractivity contribution in [2.75, 3.05) is 11.4 Å². The molecule has 0 saturated heterocycles. The lowest BCUT2D eigenvalue weighted by molar-refractivity contribution is -0.116. The zero-order valence-corrected chi connectivity index (χ0v) is 12.3. The monoisotopic (exact) mass is 305 g/mol. The molecule has 0 aromatic heterocycles. The van der Waals surface area contributed by atoms with E-state index in [4.69, 9.17) is 10.7 Å². The van der Waals surface area contributed by atoms with Crippen LogP contribution in [0.5, 0.6) is 0 Å². The number of halogens is 1. The highest BCUT2D eigenvalue weighted by Crippen LogP contribution is 2.40. The lowest BCUT2D eigenvalue weighted by Gasteiger charge is -2.32. The second-order valence-electron chi connectivity index (χ2n) is 4.13. The van der Waals surface area contributed by atoms with Crippen LogP contribution in [-0.2, 0) is 13.8 Å². The molecule has 4 nitrogen and oxygen atoms in total. The average Bonchev–Trinajstić information content (AvgIpc) is 2.25. The van der Waals surface area contributed by atoms with Gasteiger partial charge in [0.2, 0.25) is 5.91 Å². The van der Waals surface area contributed by atoms with Crippen molar-refractivity contribution in [1.29, 1.82) is 0 Å². The van der Waals surface area contributed by atoms with Crippen molar-refractivity contribution >= 4 is 43.1 Å². The van der Waals surface area contributed by atoms with E-state index in [1.165, 1.54) is 19.1 Å². The fourth-order valence-electron chi connectivity index (χ4n) is 1.87. The molecule has 0 bridgehead atoms. The van der Waals surface area contributed by atoms with E-state index in [0.29, 0.717) is 12.2 Å². The van der Waals surface area contributed by atoms with Gasteiger partial charge in [0, 0.05) is 34.3 Å². The Bertz CT molecular complexity index is 600. The number of thioether (sulfide) groups is 1. The van der Waals surface area contributed by atoms with Crippen molar-refractivity contribution in [2.45, 2.75) is 28.9 Å². The van der Waals surface area contributed by atoms with Crippen molar-refractivity contribution in [3.05, 3.63) is 18.2 Å². The minimum absolute atomic E-state index is 0.0179. The predicted molar refractivity (Wildman–Crippen MR) is 72.8 cm³/mol. The van der Waals surface area contributed by atoms with Crippen LogP contribution in [0.25, 0.3) is 0 Å². The molecule has 7 heteroatoms. The van der Waals surface area contributed by atoms with Crippen LogP contribution in [0.4, 0.5) is 5.69 Å². The van der Waals surface area contributed by atoms with Crippen molar-refractivity contribution in [1.82, 2.24) is 0 Å². The quantitative estimate of drug-likeness (QED) is 0.748. The first-order valence-electron chi connectivity index (χ1n) is 5.32. The summed E-state index contributed by atoms with van der Waals surface area (Å²) in [5.74, 6) is -0.104. The maximum Gasteiger partial charge on any atom is 0.261 e. The topological polar surface area (TPSA) is 54.5 Å². The summed E-state index contributed by atoms with van der Waals surface area (Å²) in [6.45, 7) is 4.06. The molecule has 0 spiro atoms. The molecule has 1 aromatic rings. The summed E-state index contributed by atoms with van der Waals surface area (Å²) in [7, 11) is 1.55.